The molecular weight excluding hydrogens is 290 g/mol. The summed E-state index contributed by atoms with van der Waals surface area (Å²) in [5, 5.41) is 12.5. The maximum absolute atomic E-state index is 11.4. The lowest BCUT2D eigenvalue weighted by atomic mass is 10.1. The Morgan fingerprint density at radius 3 is 2.76 bits per heavy atom. The maximum atomic E-state index is 11.4. The molecule has 0 heterocycles. The third-order valence-electron chi connectivity index (χ3n) is 2.92. The van der Waals surface area contributed by atoms with Crippen LogP contribution in [0.3, 0.4) is 0 Å². The number of nitrogens with one attached hydrogen (secondary N) is 1. The number of thioether (sulfide) groups is 1. The molecule has 0 saturated carbocycles. The van der Waals surface area contributed by atoms with Gasteiger partial charge in [0, 0.05) is 30.8 Å². The summed E-state index contributed by atoms with van der Waals surface area (Å²) in [4.78, 5) is 12.1. The zero-order valence-electron chi connectivity index (χ0n) is 12.6. The van der Waals surface area contributed by atoms with Crippen molar-refractivity contribution in [2.75, 3.05) is 45.0 Å². The van der Waals surface area contributed by atoms with E-state index in [1.165, 1.54) is 11.8 Å². The molecule has 1 aromatic rings. The summed E-state index contributed by atoms with van der Waals surface area (Å²) >= 11 is 1.44. The Labute approximate surface area is 130 Å². The molecular formula is C15H23NO4S. The van der Waals surface area contributed by atoms with Gasteiger partial charge in [0.15, 0.2) is 0 Å². The minimum atomic E-state index is -0.898. The van der Waals surface area contributed by atoms with Crippen molar-refractivity contribution >= 4 is 23.4 Å². The van der Waals surface area contributed by atoms with Crippen LogP contribution in [0.25, 0.3) is 0 Å². The van der Waals surface area contributed by atoms with Crippen LogP contribution in [0, 0.1) is 0 Å². The van der Waals surface area contributed by atoms with Crippen molar-refractivity contribution in [2.45, 2.75) is 17.7 Å². The van der Waals surface area contributed by atoms with Gasteiger partial charge >= 0.3 is 5.97 Å². The molecule has 0 radical (unpaired) electrons. The summed E-state index contributed by atoms with van der Waals surface area (Å²) in [6.07, 6.45) is 3.74. The summed E-state index contributed by atoms with van der Waals surface area (Å²) in [6.45, 7) is 2.65. The minimum Gasteiger partial charge on any atom is -0.478 e. The maximum Gasteiger partial charge on any atom is 0.338 e. The van der Waals surface area contributed by atoms with Crippen molar-refractivity contribution in [1.82, 2.24) is 0 Å². The first kappa shape index (κ1) is 17.8. The van der Waals surface area contributed by atoms with Crippen LogP contribution in [0.2, 0.25) is 0 Å². The van der Waals surface area contributed by atoms with Crippen molar-refractivity contribution < 1.29 is 19.4 Å². The van der Waals surface area contributed by atoms with E-state index in [0.717, 1.165) is 24.3 Å². The third-order valence-corrected chi connectivity index (χ3v) is 3.70. The Bertz CT molecular complexity index is 440. The van der Waals surface area contributed by atoms with Crippen LogP contribution in [0.4, 0.5) is 5.69 Å². The number of ether oxygens (including phenoxy) is 2. The molecule has 0 unspecified atom stereocenters. The fourth-order valence-electron chi connectivity index (χ4n) is 1.87. The van der Waals surface area contributed by atoms with Gasteiger partial charge in [-0.1, -0.05) is 6.07 Å². The highest BCUT2D eigenvalue weighted by Gasteiger charge is 2.14. The number of carbonyl (C=O) groups is 1. The molecule has 0 atom stereocenters. The standard InChI is InChI=1S/C15H23NO4S/c1-19-10-11-20-9-4-3-8-16-12-6-5-7-13(21-2)14(12)15(17)18/h5-7,16H,3-4,8-11H2,1-2H3,(H,17,18). The lowest BCUT2D eigenvalue weighted by Gasteiger charge is -2.12. The van der Waals surface area contributed by atoms with E-state index in [2.05, 4.69) is 5.32 Å². The van der Waals surface area contributed by atoms with Crippen LogP contribution < -0.4 is 5.32 Å². The Balaban J connectivity index is 2.37. The van der Waals surface area contributed by atoms with Crippen molar-refractivity contribution in [2.24, 2.45) is 0 Å². The second-order valence-corrected chi connectivity index (χ2v) is 5.28. The molecule has 0 aliphatic carbocycles. The number of methoxy groups -OCH3 is 1. The molecule has 5 nitrogen and oxygen atoms in total. The molecule has 0 aliphatic rings. The molecule has 6 heteroatoms. The van der Waals surface area contributed by atoms with Crippen LogP contribution in [0.1, 0.15) is 23.2 Å². The van der Waals surface area contributed by atoms with E-state index in [0.29, 0.717) is 31.1 Å². The molecule has 1 rings (SSSR count). The molecule has 0 saturated heterocycles. The predicted molar refractivity (Wildman–Crippen MR) is 85.6 cm³/mol. The normalized spacial score (nSPS) is 10.6. The van der Waals surface area contributed by atoms with Gasteiger partial charge in [-0.2, -0.15) is 0 Å². The smallest absolute Gasteiger partial charge is 0.338 e. The number of carboxylic acids is 1. The Kier molecular flexibility index (Phi) is 8.89. The first-order valence-corrected chi connectivity index (χ1v) is 8.14. The van der Waals surface area contributed by atoms with E-state index in [1.54, 1.807) is 13.2 Å². The van der Waals surface area contributed by atoms with Crippen molar-refractivity contribution in [3.05, 3.63) is 23.8 Å². The molecule has 2 N–H and O–H groups in total. The fraction of sp³-hybridized carbons (Fsp3) is 0.533. The summed E-state index contributed by atoms with van der Waals surface area (Å²) in [6, 6.07) is 5.50. The van der Waals surface area contributed by atoms with Gasteiger partial charge in [0.05, 0.1) is 18.8 Å². The quantitative estimate of drug-likeness (QED) is 0.483. The van der Waals surface area contributed by atoms with Gasteiger partial charge in [-0.15, -0.1) is 11.8 Å². The molecule has 0 amide bonds. The van der Waals surface area contributed by atoms with Gasteiger partial charge in [-0.05, 0) is 31.2 Å². The number of hydrogen-bond donors (Lipinski definition) is 2. The highest BCUT2D eigenvalue weighted by Crippen LogP contribution is 2.27. The number of unbranched alkanes of at least 4 members (excludes halogenated alkanes) is 1. The van der Waals surface area contributed by atoms with E-state index in [-0.39, 0.29) is 0 Å². The van der Waals surface area contributed by atoms with E-state index < -0.39 is 5.97 Å². The summed E-state index contributed by atoms with van der Waals surface area (Å²) in [5.74, 6) is -0.898. The lowest BCUT2D eigenvalue weighted by Crippen LogP contribution is -2.10. The molecule has 1 aromatic carbocycles. The highest BCUT2D eigenvalue weighted by molar-refractivity contribution is 7.98. The van der Waals surface area contributed by atoms with Gasteiger partial charge in [-0.3, -0.25) is 0 Å². The first-order valence-electron chi connectivity index (χ1n) is 6.91. The molecule has 118 valence electrons. The third kappa shape index (κ3) is 6.37. The van der Waals surface area contributed by atoms with Crippen molar-refractivity contribution in [1.29, 1.82) is 0 Å². The second kappa shape index (κ2) is 10.5. The van der Waals surface area contributed by atoms with E-state index in [9.17, 15) is 9.90 Å². The number of rotatable bonds is 11. The largest absolute Gasteiger partial charge is 0.478 e. The number of carboxylic acid groups (broad SMARTS) is 1. The van der Waals surface area contributed by atoms with Crippen LogP contribution in [-0.2, 0) is 9.47 Å². The van der Waals surface area contributed by atoms with Crippen LogP contribution in [-0.4, -0.2) is 50.8 Å². The molecule has 0 aromatic heterocycles. The molecule has 21 heavy (non-hydrogen) atoms. The average molecular weight is 313 g/mol. The van der Waals surface area contributed by atoms with E-state index in [1.807, 2.05) is 18.4 Å². The molecule has 0 bridgehead atoms. The van der Waals surface area contributed by atoms with Gasteiger partial charge < -0.3 is 19.9 Å². The summed E-state index contributed by atoms with van der Waals surface area (Å²) in [5.41, 5.74) is 1.02. The average Bonchev–Trinajstić information content (AvgIpc) is 2.49. The Morgan fingerprint density at radius 1 is 1.29 bits per heavy atom. The van der Waals surface area contributed by atoms with Gasteiger partial charge in [0.1, 0.15) is 0 Å². The van der Waals surface area contributed by atoms with Crippen molar-refractivity contribution in [3.63, 3.8) is 0 Å². The zero-order valence-corrected chi connectivity index (χ0v) is 13.4. The first-order chi connectivity index (χ1) is 10.2. The lowest BCUT2D eigenvalue weighted by molar-refractivity contribution is 0.0689. The van der Waals surface area contributed by atoms with Gasteiger partial charge in [0.25, 0.3) is 0 Å². The Hall–Kier alpha value is -1.24. The topological polar surface area (TPSA) is 67.8 Å². The van der Waals surface area contributed by atoms with Crippen LogP contribution >= 0.6 is 11.8 Å². The molecule has 0 spiro atoms. The van der Waals surface area contributed by atoms with Gasteiger partial charge in [0.2, 0.25) is 0 Å². The van der Waals surface area contributed by atoms with Crippen LogP contribution in [0.15, 0.2) is 23.1 Å². The zero-order chi connectivity index (χ0) is 15.5. The van der Waals surface area contributed by atoms with E-state index >= 15 is 0 Å². The van der Waals surface area contributed by atoms with Gasteiger partial charge in [-0.25, -0.2) is 4.79 Å². The molecule has 0 aliphatic heterocycles. The summed E-state index contributed by atoms with van der Waals surface area (Å²) in [7, 11) is 1.65. The fourth-order valence-corrected chi connectivity index (χ4v) is 2.48. The highest BCUT2D eigenvalue weighted by atomic mass is 32.2. The number of benzene rings is 1. The minimum absolute atomic E-state index is 0.348. The number of hydrogen-bond acceptors (Lipinski definition) is 5. The number of aromatic carboxylic acids is 1. The van der Waals surface area contributed by atoms with E-state index in [4.69, 9.17) is 9.47 Å². The van der Waals surface area contributed by atoms with Crippen LogP contribution in [0.5, 0.6) is 0 Å². The monoisotopic (exact) mass is 313 g/mol. The Morgan fingerprint density at radius 2 is 2.10 bits per heavy atom. The predicted octanol–water partition coefficient (Wildman–Crippen LogP) is 2.96. The SMILES string of the molecule is COCCOCCCCNc1cccc(SC)c1C(=O)O. The second-order valence-electron chi connectivity index (χ2n) is 4.43. The number of anilines is 1. The van der Waals surface area contributed by atoms with Crippen molar-refractivity contribution in [3.8, 4) is 0 Å². The summed E-state index contributed by atoms with van der Waals surface area (Å²) < 4.78 is 10.3. The molecule has 0 fully saturated rings.